The fourth-order valence-electron chi connectivity index (χ4n) is 1.11. The van der Waals surface area contributed by atoms with E-state index >= 15 is 0 Å². The van der Waals surface area contributed by atoms with Crippen molar-refractivity contribution >= 4 is 11.9 Å². The molecule has 0 heterocycles. The maximum atomic E-state index is 11.3. The third-order valence-electron chi connectivity index (χ3n) is 2.52. The highest BCUT2D eigenvalue weighted by Gasteiger charge is 2.42. The van der Waals surface area contributed by atoms with E-state index in [1.165, 1.54) is 0 Å². The average Bonchev–Trinajstić information content (AvgIpc) is 2.99. The molecule has 0 aliphatic heterocycles. The number of hydrogen-bond donors (Lipinski definition) is 3. The van der Waals surface area contributed by atoms with E-state index in [4.69, 9.17) is 21.3 Å². The van der Waals surface area contributed by atoms with E-state index in [-0.39, 0.29) is 6.61 Å². The van der Waals surface area contributed by atoms with Crippen molar-refractivity contribution in [3.63, 3.8) is 0 Å². The zero-order chi connectivity index (χ0) is 11.5. The molecule has 1 rings (SSSR count). The van der Waals surface area contributed by atoms with Crippen molar-refractivity contribution in [2.24, 2.45) is 17.4 Å². The van der Waals surface area contributed by atoms with Crippen LogP contribution in [-0.4, -0.2) is 35.7 Å². The first kappa shape index (κ1) is 11.9. The first-order valence-corrected chi connectivity index (χ1v) is 4.90. The molecule has 1 aliphatic rings. The van der Waals surface area contributed by atoms with Crippen LogP contribution in [0.5, 0.6) is 0 Å². The van der Waals surface area contributed by atoms with Crippen LogP contribution in [0.3, 0.4) is 0 Å². The number of carbonyl (C=O) groups excluding carboxylic acids is 1. The van der Waals surface area contributed by atoms with Crippen LogP contribution in [0, 0.1) is 5.92 Å². The second-order valence-corrected chi connectivity index (χ2v) is 3.85. The molecule has 15 heavy (non-hydrogen) atoms. The molecule has 1 unspecified atom stereocenters. The van der Waals surface area contributed by atoms with Gasteiger partial charge in [-0.1, -0.05) is 12.8 Å². The Kier molecular flexibility index (Phi) is 3.65. The molecule has 0 radical (unpaired) electrons. The van der Waals surface area contributed by atoms with Crippen molar-refractivity contribution < 1.29 is 19.4 Å². The second kappa shape index (κ2) is 4.59. The van der Waals surface area contributed by atoms with Crippen LogP contribution < -0.4 is 11.5 Å². The van der Waals surface area contributed by atoms with Crippen LogP contribution in [0.1, 0.15) is 19.3 Å². The first-order chi connectivity index (χ1) is 7.00. The fraction of sp³-hybridized carbons (Fsp3) is 0.778. The summed E-state index contributed by atoms with van der Waals surface area (Å²) in [5.41, 5.74) is 8.36. The number of aliphatic carboxylic acids is 1. The molecule has 0 saturated heterocycles. The van der Waals surface area contributed by atoms with Gasteiger partial charge in [0.25, 0.3) is 0 Å². The zero-order valence-corrected chi connectivity index (χ0v) is 8.44. The van der Waals surface area contributed by atoms with E-state index in [1.807, 2.05) is 0 Å². The van der Waals surface area contributed by atoms with Gasteiger partial charge in [0, 0.05) is 6.54 Å². The van der Waals surface area contributed by atoms with Gasteiger partial charge in [0.15, 0.2) is 0 Å². The van der Waals surface area contributed by atoms with Crippen LogP contribution in [0.25, 0.3) is 0 Å². The van der Waals surface area contributed by atoms with Gasteiger partial charge in [0.05, 0.1) is 6.61 Å². The van der Waals surface area contributed by atoms with Crippen LogP contribution in [0.2, 0.25) is 0 Å². The third kappa shape index (κ3) is 2.90. The molecule has 1 fully saturated rings. The van der Waals surface area contributed by atoms with Gasteiger partial charge in [0.2, 0.25) is 5.54 Å². The quantitative estimate of drug-likeness (QED) is 0.390. The second-order valence-electron chi connectivity index (χ2n) is 3.85. The number of nitrogens with two attached hydrogens (primary N) is 2. The molecule has 6 nitrogen and oxygen atoms in total. The summed E-state index contributed by atoms with van der Waals surface area (Å²) in [6, 6.07) is 0. The van der Waals surface area contributed by atoms with Gasteiger partial charge in [0.1, 0.15) is 0 Å². The minimum atomic E-state index is -2.11. The molecule has 86 valence electrons. The summed E-state index contributed by atoms with van der Waals surface area (Å²) in [4.78, 5) is 22.0. The van der Waals surface area contributed by atoms with Crippen molar-refractivity contribution in [2.45, 2.75) is 24.8 Å². The number of carboxylic acid groups (broad SMARTS) is 1. The van der Waals surface area contributed by atoms with E-state index in [0.29, 0.717) is 5.92 Å². The Morgan fingerprint density at radius 1 is 1.47 bits per heavy atom. The van der Waals surface area contributed by atoms with E-state index in [0.717, 1.165) is 19.3 Å². The molecule has 0 aromatic carbocycles. The third-order valence-corrected chi connectivity index (χ3v) is 2.52. The maximum absolute atomic E-state index is 11.3. The standard InChI is InChI=1S/C9H16N2O4/c10-5-9(11,7(12)13)8(14)15-4-3-6-1-2-6/h6H,1-5,10-11H2,(H,12,13). The summed E-state index contributed by atoms with van der Waals surface area (Å²) < 4.78 is 4.79. The minimum absolute atomic E-state index is 0.218. The number of ether oxygens (including phenoxy) is 1. The lowest BCUT2D eigenvalue weighted by Gasteiger charge is -2.20. The van der Waals surface area contributed by atoms with Gasteiger partial charge in [-0.2, -0.15) is 0 Å². The molecular weight excluding hydrogens is 200 g/mol. The fourth-order valence-corrected chi connectivity index (χ4v) is 1.11. The highest BCUT2D eigenvalue weighted by molar-refractivity contribution is 6.04. The van der Waals surface area contributed by atoms with E-state index in [1.54, 1.807) is 0 Å². The summed E-state index contributed by atoms with van der Waals surface area (Å²) in [7, 11) is 0. The summed E-state index contributed by atoms with van der Waals surface area (Å²) in [6.45, 7) is -0.250. The van der Waals surface area contributed by atoms with Gasteiger partial charge in [-0.05, 0) is 12.3 Å². The summed E-state index contributed by atoms with van der Waals surface area (Å²) in [5, 5.41) is 8.72. The molecule has 5 N–H and O–H groups in total. The lowest BCUT2D eigenvalue weighted by Crippen LogP contribution is -2.60. The molecule has 1 aliphatic carbocycles. The summed E-state index contributed by atoms with van der Waals surface area (Å²) in [5.74, 6) is -1.80. The molecule has 0 spiro atoms. The molecule has 1 atom stereocenters. The summed E-state index contributed by atoms with van der Waals surface area (Å²) >= 11 is 0. The smallest absolute Gasteiger partial charge is 0.339 e. The highest BCUT2D eigenvalue weighted by atomic mass is 16.5. The number of hydrogen-bond acceptors (Lipinski definition) is 5. The number of rotatable bonds is 6. The van der Waals surface area contributed by atoms with Crippen molar-refractivity contribution in [3.05, 3.63) is 0 Å². The Morgan fingerprint density at radius 3 is 2.47 bits per heavy atom. The van der Waals surface area contributed by atoms with E-state index in [2.05, 4.69) is 0 Å². The molecule has 6 heteroatoms. The Balaban J connectivity index is 2.37. The zero-order valence-electron chi connectivity index (χ0n) is 8.44. The average molecular weight is 216 g/mol. The van der Waals surface area contributed by atoms with Crippen molar-refractivity contribution in [2.75, 3.05) is 13.2 Å². The monoisotopic (exact) mass is 216 g/mol. The SMILES string of the molecule is NCC(N)(C(=O)O)C(=O)OCCC1CC1. The van der Waals surface area contributed by atoms with Crippen LogP contribution in [-0.2, 0) is 14.3 Å². The lowest BCUT2D eigenvalue weighted by atomic mass is 10.0. The van der Waals surface area contributed by atoms with Crippen LogP contribution >= 0.6 is 0 Å². The predicted molar refractivity (Wildman–Crippen MR) is 51.9 cm³/mol. The Bertz CT molecular complexity index is 265. The minimum Gasteiger partial charge on any atom is -0.479 e. The maximum Gasteiger partial charge on any atom is 0.339 e. The highest BCUT2D eigenvalue weighted by Crippen LogP contribution is 2.32. The molecule has 0 bridgehead atoms. The topological polar surface area (TPSA) is 116 Å². The molecule has 0 aromatic heterocycles. The molecule has 1 saturated carbocycles. The Labute approximate surface area is 87.6 Å². The van der Waals surface area contributed by atoms with Gasteiger partial charge in [-0.25, -0.2) is 9.59 Å². The van der Waals surface area contributed by atoms with Crippen molar-refractivity contribution in [3.8, 4) is 0 Å². The number of esters is 1. The Hall–Kier alpha value is -1.14. The van der Waals surface area contributed by atoms with Crippen molar-refractivity contribution in [1.82, 2.24) is 0 Å². The van der Waals surface area contributed by atoms with Gasteiger partial charge in [-0.15, -0.1) is 0 Å². The predicted octanol–water partition coefficient (Wildman–Crippen LogP) is -0.930. The molecule has 0 aromatic rings. The Morgan fingerprint density at radius 2 is 2.07 bits per heavy atom. The van der Waals surface area contributed by atoms with Gasteiger partial charge in [-0.3, -0.25) is 0 Å². The number of carboxylic acids is 1. The summed E-state index contributed by atoms with van der Waals surface area (Å²) in [6.07, 6.45) is 3.08. The van der Waals surface area contributed by atoms with E-state index < -0.39 is 24.0 Å². The lowest BCUT2D eigenvalue weighted by molar-refractivity contribution is -0.160. The van der Waals surface area contributed by atoms with Crippen LogP contribution in [0.15, 0.2) is 0 Å². The number of carbonyl (C=O) groups is 2. The van der Waals surface area contributed by atoms with Gasteiger partial charge < -0.3 is 21.3 Å². The largest absolute Gasteiger partial charge is 0.479 e. The molecular formula is C9H16N2O4. The van der Waals surface area contributed by atoms with Crippen molar-refractivity contribution in [1.29, 1.82) is 0 Å². The van der Waals surface area contributed by atoms with E-state index in [9.17, 15) is 9.59 Å². The van der Waals surface area contributed by atoms with Gasteiger partial charge >= 0.3 is 11.9 Å². The van der Waals surface area contributed by atoms with Crippen LogP contribution in [0.4, 0.5) is 0 Å². The normalized spacial score (nSPS) is 19.3. The molecule has 0 amide bonds. The first-order valence-electron chi connectivity index (χ1n) is 4.90.